The van der Waals surface area contributed by atoms with Crippen molar-refractivity contribution in [3.63, 3.8) is 0 Å². The van der Waals surface area contributed by atoms with E-state index in [1.807, 2.05) is 11.0 Å². The lowest BCUT2D eigenvalue weighted by atomic mass is 10.2. The topological polar surface area (TPSA) is 15.3 Å². The number of nitrogens with zero attached hydrogens (tertiary/aromatic N) is 1. The van der Waals surface area contributed by atoms with Gasteiger partial charge in [-0.25, -0.2) is 8.78 Å². The second-order valence-corrected chi connectivity index (χ2v) is 6.20. The molecule has 0 amide bonds. The summed E-state index contributed by atoms with van der Waals surface area (Å²) in [6, 6.07) is 2.86. The molecule has 0 radical (unpaired) electrons. The number of thiophene rings is 1. The van der Waals surface area contributed by atoms with Crippen molar-refractivity contribution in [3.8, 4) is 0 Å². The molecule has 1 aliphatic rings. The number of nitrogens with one attached hydrogen (secondary N) is 1. The first-order chi connectivity index (χ1) is 7.68. The van der Waals surface area contributed by atoms with Crippen LogP contribution >= 0.6 is 52.1 Å². The van der Waals surface area contributed by atoms with E-state index in [9.17, 15) is 8.78 Å². The highest BCUT2D eigenvalue weighted by Gasteiger charge is 2.31. The maximum atomic E-state index is 13.1. The molecule has 0 aromatic carbocycles. The van der Waals surface area contributed by atoms with Crippen molar-refractivity contribution >= 4 is 52.1 Å². The lowest BCUT2D eigenvalue weighted by molar-refractivity contribution is 0.0200. The Balaban J connectivity index is 0.00000144. The van der Waals surface area contributed by atoms with E-state index in [1.54, 1.807) is 6.07 Å². The molecule has 0 saturated carbocycles. The smallest absolute Gasteiger partial charge is 0.258 e. The first-order valence-electron chi connectivity index (χ1n) is 5.16. The fourth-order valence-corrected chi connectivity index (χ4v) is 3.47. The summed E-state index contributed by atoms with van der Waals surface area (Å²) in [4.78, 5) is 2.60. The van der Waals surface area contributed by atoms with Gasteiger partial charge in [0.15, 0.2) is 0 Å². The summed E-state index contributed by atoms with van der Waals surface area (Å²) in [6.07, 6.45) is -2.33. The van der Waals surface area contributed by atoms with Crippen LogP contribution in [0.5, 0.6) is 0 Å². The molecule has 1 atom stereocenters. The van der Waals surface area contributed by atoms with E-state index >= 15 is 0 Å². The van der Waals surface area contributed by atoms with Crippen LogP contribution in [-0.4, -0.2) is 37.5 Å². The molecule has 1 saturated heterocycles. The van der Waals surface area contributed by atoms with Gasteiger partial charge in [0.1, 0.15) is 6.04 Å². The van der Waals surface area contributed by atoms with Crippen LogP contribution in [0.15, 0.2) is 15.9 Å². The van der Waals surface area contributed by atoms with Gasteiger partial charge >= 0.3 is 0 Å². The zero-order valence-electron chi connectivity index (χ0n) is 9.44. The highest BCUT2D eigenvalue weighted by Crippen LogP contribution is 2.34. The number of alkyl halides is 2. The molecule has 0 aliphatic carbocycles. The lowest BCUT2D eigenvalue weighted by Gasteiger charge is -2.33. The third-order valence-electron chi connectivity index (χ3n) is 2.67. The van der Waals surface area contributed by atoms with Crippen molar-refractivity contribution < 1.29 is 8.78 Å². The molecule has 18 heavy (non-hydrogen) atoms. The summed E-state index contributed by atoms with van der Waals surface area (Å²) in [5.41, 5.74) is 0. The van der Waals surface area contributed by atoms with Gasteiger partial charge in [0.2, 0.25) is 0 Å². The number of piperazine rings is 1. The van der Waals surface area contributed by atoms with Gasteiger partial charge in [-0.15, -0.1) is 36.2 Å². The molecular weight excluding hydrogens is 369 g/mol. The third-order valence-corrected chi connectivity index (χ3v) is 4.36. The minimum absolute atomic E-state index is 0. The zero-order chi connectivity index (χ0) is 11.5. The SMILES string of the molecule is Cl.Cl.FC(F)[C@@H](c1ccc(Br)s1)N1CCNCC1. The fourth-order valence-electron chi connectivity index (χ4n) is 1.91. The van der Waals surface area contributed by atoms with Gasteiger partial charge in [-0.05, 0) is 28.1 Å². The molecule has 0 bridgehead atoms. The molecule has 8 heteroatoms. The molecule has 1 N–H and O–H groups in total. The van der Waals surface area contributed by atoms with Crippen LogP contribution in [0.25, 0.3) is 0 Å². The maximum Gasteiger partial charge on any atom is 0.258 e. The van der Waals surface area contributed by atoms with Crippen LogP contribution in [0.3, 0.4) is 0 Å². The van der Waals surface area contributed by atoms with Crippen LogP contribution in [0.1, 0.15) is 10.9 Å². The van der Waals surface area contributed by atoms with E-state index in [4.69, 9.17) is 0 Å². The molecule has 1 fully saturated rings. The van der Waals surface area contributed by atoms with Gasteiger partial charge in [-0.1, -0.05) is 0 Å². The molecule has 2 rings (SSSR count). The largest absolute Gasteiger partial charge is 0.314 e. The summed E-state index contributed by atoms with van der Waals surface area (Å²) in [5.74, 6) is 0. The number of hydrogen-bond donors (Lipinski definition) is 1. The molecule has 1 aliphatic heterocycles. The Morgan fingerprint density at radius 2 is 1.83 bits per heavy atom. The van der Waals surface area contributed by atoms with E-state index in [0.29, 0.717) is 13.1 Å². The Morgan fingerprint density at radius 1 is 1.22 bits per heavy atom. The molecule has 1 aromatic heterocycles. The van der Waals surface area contributed by atoms with E-state index in [0.717, 1.165) is 21.8 Å². The van der Waals surface area contributed by atoms with Gasteiger partial charge in [-0.3, -0.25) is 4.90 Å². The molecule has 0 spiro atoms. The molecule has 106 valence electrons. The summed E-state index contributed by atoms with van der Waals surface area (Å²) < 4.78 is 27.1. The molecule has 1 aromatic rings. The number of rotatable bonds is 3. The Morgan fingerprint density at radius 3 is 2.28 bits per heavy atom. The Labute approximate surface area is 130 Å². The van der Waals surface area contributed by atoms with Crippen molar-refractivity contribution in [2.45, 2.75) is 12.5 Å². The second-order valence-electron chi connectivity index (χ2n) is 3.71. The van der Waals surface area contributed by atoms with Gasteiger partial charge in [-0.2, -0.15) is 0 Å². The predicted octanol–water partition coefficient (Wildman–Crippen LogP) is 3.57. The third kappa shape index (κ3) is 4.58. The first-order valence-corrected chi connectivity index (χ1v) is 6.77. The minimum atomic E-state index is -2.33. The fraction of sp³-hybridized carbons (Fsp3) is 0.600. The summed E-state index contributed by atoms with van der Waals surface area (Å²) in [6.45, 7) is 2.95. The van der Waals surface area contributed by atoms with Crippen LogP contribution in [-0.2, 0) is 0 Å². The van der Waals surface area contributed by atoms with Crippen molar-refractivity contribution in [1.82, 2.24) is 10.2 Å². The van der Waals surface area contributed by atoms with E-state index in [2.05, 4.69) is 21.2 Å². The Bertz CT molecular complexity index is 348. The molecular formula is C10H15BrCl2F2N2S. The normalized spacial score (nSPS) is 18.0. The van der Waals surface area contributed by atoms with E-state index in [-0.39, 0.29) is 24.8 Å². The summed E-state index contributed by atoms with van der Waals surface area (Å²) in [7, 11) is 0. The van der Waals surface area contributed by atoms with Crippen molar-refractivity contribution in [1.29, 1.82) is 0 Å². The molecule has 0 unspecified atom stereocenters. The van der Waals surface area contributed by atoms with Crippen LogP contribution in [0, 0.1) is 0 Å². The van der Waals surface area contributed by atoms with Crippen LogP contribution < -0.4 is 5.32 Å². The quantitative estimate of drug-likeness (QED) is 0.858. The first kappa shape index (κ1) is 18.5. The van der Waals surface area contributed by atoms with Gasteiger partial charge in [0.25, 0.3) is 6.43 Å². The Hall–Kier alpha value is 0.540. The highest BCUT2D eigenvalue weighted by atomic mass is 79.9. The number of halogens is 5. The average Bonchev–Trinajstić information content (AvgIpc) is 2.66. The van der Waals surface area contributed by atoms with Crippen LogP contribution in [0.2, 0.25) is 0 Å². The number of hydrogen-bond acceptors (Lipinski definition) is 3. The lowest BCUT2D eigenvalue weighted by Crippen LogP contribution is -2.46. The predicted molar refractivity (Wildman–Crippen MR) is 79.7 cm³/mol. The standard InChI is InChI=1S/C10H13BrF2N2S.2ClH/c11-8-2-1-7(16-8)9(10(12)13)15-5-3-14-4-6-15;;/h1-2,9-10,14H,3-6H2;2*1H/t9-;;/m1../s1. The summed E-state index contributed by atoms with van der Waals surface area (Å²) in [5, 5.41) is 3.17. The second kappa shape index (κ2) is 8.66. The monoisotopic (exact) mass is 382 g/mol. The van der Waals surface area contributed by atoms with Crippen molar-refractivity contribution in [2.75, 3.05) is 26.2 Å². The average molecular weight is 384 g/mol. The van der Waals surface area contributed by atoms with Gasteiger partial charge < -0.3 is 5.32 Å². The Kier molecular flexibility index (Phi) is 8.92. The van der Waals surface area contributed by atoms with Gasteiger partial charge in [0, 0.05) is 31.1 Å². The van der Waals surface area contributed by atoms with E-state index in [1.165, 1.54) is 11.3 Å². The van der Waals surface area contributed by atoms with Gasteiger partial charge in [0.05, 0.1) is 3.79 Å². The van der Waals surface area contributed by atoms with Crippen LogP contribution in [0.4, 0.5) is 8.78 Å². The minimum Gasteiger partial charge on any atom is -0.314 e. The highest BCUT2D eigenvalue weighted by molar-refractivity contribution is 9.11. The zero-order valence-corrected chi connectivity index (χ0v) is 13.5. The molecule has 2 heterocycles. The van der Waals surface area contributed by atoms with Crippen molar-refractivity contribution in [2.24, 2.45) is 0 Å². The summed E-state index contributed by atoms with van der Waals surface area (Å²) >= 11 is 4.71. The maximum absolute atomic E-state index is 13.1. The van der Waals surface area contributed by atoms with E-state index < -0.39 is 12.5 Å². The molecule has 2 nitrogen and oxygen atoms in total. The van der Waals surface area contributed by atoms with Crippen molar-refractivity contribution in [3.05, 3.63) is 20.8 Å².